The van der Waals surface area contributed by atoms with Crippen LogP contribution in [0.1, 0.15) is 23.3 Å². The zero-order valence-electron chi connectivity index (χ0n) is 10.7. The molecule has 19 heavy (non-hydrogen) atoms. The molecular formula is C15H15NO2S. The second kappa shape index (κ2) is 6.38. The maximum absolute atomic E-state index is 10.7. The normalized spacial score (nSPS) is 12.1. The first kappa shape index (κ1) is 13.6. The van der Waals surface area contributed by atoms with Crippen LogP contribution in [0.5, 0.6) is 0 Å². The van der Waals surface area contributed by atoms with Crippen molar-refractivity contribution >= 4 is 17.4 Å². The number of hydrogen-bond acceptors (Lipinski definition) is 3. The Bertz CT molecular complexity index is 557. The number of non-ortho nitro benzene ring substituents is 1. The molecule has 0 heterocycles. The average molecular weight is 273 g/mol. The molecule has 2 aromatic carbocycles. The Kier molecular flexibility index (Phi) is 4.58. The van der Waals surface area contributed by atoms with Gasteiger partial charge in [0.25, 0.3) is 5.69 Å². The van der Waals surface area contributed by atoms with Crippen molar-refractivity contribution in [2.45, 2.75) is 17.9 Å². The van der Waals surface area contributed by atoms with Gasteiger partial charge in [0.15, 0.2) is 0 Å². The lowest BCUT2D eigenvalue weighted by atomic mass is 10.2. The van der Waals surface area contributed by atoms with Gasteiger partial charge in [-0.1, -0.05) is 42.5 Å². The van der Waals surface area contributed by atoms with E-state index in [0.29, 0.717) is 5.25 Å². The summed E-state index contributed by atoms with van der Waals surface area (Å²) in [6.45, 7) is 2.15. The Balaban J connectivity index is 1.99. The molecule has 0 amide bonds. The third-order valence-electron chi connectivity index (χ3n) is 2.89. The third kappa shape index (κ3) is 3.83. The van der Waals surface area contributed by atoms with Crippen LogP contribution in [0.4, 0.5) is 5.69 Å². The minimum atomic E-state index is -0.352. The Morgan fingerprint density at radius 1 is 1.16 bits per heavy atom. The molecule has 0 aliphatic heterocycles. The van der Waals surface area contributed by atoms with E-state index in [9.17, 15) is 10.1 Å². The van der Waals surface area contributed by atoms with Gasteiger partial charge in [-0.3, -0.25) is 10.1 Å². The number of nitro groups is 1. The van der Waals surface area contributed by atoms with E-state index in [0.717, 1.165) is 11.3 Å². The van der Waals surface area contributed by atoms with Gasteiger partial charge in [-0.2, -0.15) is 0 Å². The first-order valence-corrected chi connectivity index (χ1v) is 7.11. The van der Waals surface area contributed by atoms with Crippen LogP contribution >= 0.6 is 11.8 Å². The molecule has 1 unspecified atom stereocenters. The molecule has 0 fully saturated rings. The molecule has 98 valence electrons. The fourth-order valence-corrected chi connectivity index (χ4v) is 2.77. The largest absolute Gasteiger partial charge is 0.269 e. The Hall–Kier alpha value is -1.81. The minimum Gasteiger partial charge on any atom is -0.258 e. The number of nitrogens with zero attached hydrogens (tertiary/aromatic N) is 1. The summed E-state index contributed by atoms with van der Waals surface area (Å²) in [7, 11) is 0. The summed E-state index contributed by atoms with van der Waals surface area (Å²) in [6.07, 6.45) is 0. The number of thioether (sulfide) groups is 1. The van der Waals surface area contributed by atoms with E-state index in [-0.39, 0.29) is 10.6 Å². The maximum Gasteiger partial charge on any atom is 0.269 e. The van der Waals surface area contributed by atoms with Gasteiger partial charge in [0, 0.05) is 23.1 Å². The molecule has 0 N–H and O–H groups in total. The summed E-state index contributed by atoms with van der Waals surface area (Å²) in [5.41, 5.74) is 2.42. The number of nitro benzene ring substituents is 1. The molecule has 2 aromatic rings. The van der Waals surface area contributed by atoms with E-state index in [4.69, 9.17) is 0 Å². The number of hydrogen-bond donors (Lipinski definition) is 0. The van der Waals surface area contributed by atoms with Crippen LogP contribution in [0.25, 0.3) is 0 Å². The van der Waals surface area contributed by atoms with E-state index >= 15 is 0 Å². The van der Waals surface area contributed by atoms with Gasteiger partial charge in [0.05, 0.1) is 4.92 Å². The van der Waals surface area contributed by atoms with E-state index in [1.165, 1.54) is 11.6 Å². The van der Waals surface area contributed by atoms with Crippen LogP contribution in [0, 0.1) is 10.1 Å². The van der Waals surface area contributed by atoms with Gasteiger partial charge < -0.3 is 0 Å². The Morgan fingerprint density at radius 2 is 1.89 bits per heavy atom. The fraction of sp³-hybridized carbons (Fsp3) is 0.200. The SMILES string of the molecule is CC(SCc1cccc([N+](=O)[O-])c1)c1ccccc1. The van der Waals surface area contributed by atoms with Crippen molar-refractivity contribution in [3.8, 4) is 0 Å². The van der Waals surface area contributed by atoms with E-state index < -0.39 is 0 Å². The van der Waals surface area contributed by atoms with Crippen molar-refractivity contribution in [2.24, 2.45) is 0 Å². The molecule has 3 nitrogen and oxygen atoms in total. The van der Waals surface area contributed by atoms with Gasteiger partial charge in [0.2, 0.25) is 0 Å². The highest BCUT2D eigenvalue weighted by atomic mass is 32.2. The highest BCUT2D eigenvalue weighted by Gasteiger charge is 2.08. The molecule has 4 heteroatoms. The molecule has 0 aliphatic carbocycles. The predicted molar refractivity (Wildman–Crippen MR) is 79.2 cm³/mol. The highest BCUT2D eigenvalue weighted by molar-refractivity contribution is 7.98. The molecule has 0 bridgehead atoms. The molecule has 1 atom stereocenters. The highest BCUT2D eigenvalue weighted by Crippen LogP contribution is 2.31. The summed E-state index contributed by atoms with van der Waals surface area (Å²) in [5, 5.41) is 11.1. The first-order chi connectivity index (χ1) is 9.16. The zero-order valence-corrected chi connectivity index (χ0v) is 11.5. The van der Waals surface area contributed by atoms with E-state index in [1.54, 1.807) is 23.9 Å². The van der Waals surface area contributed by atoms with E-state index in [1.807, 2.05) is 24.3 Å². The second-order valence-corrected chi connectivity index (χ2v) is 5.62. The third-order valence-corrected chi connectivity index (χ3v) is 4.16. The number of rotatable bonds is 5. The Labute approximate surface area is 116 Å². The van der Waals surface area contributed by atoms with Crippen LogP contribution in [0.3, 0.4) is 0 Å². The van der Waals surface area contributed by atoms with Gasteiger partial charge >= 0.3 is 0 Å². The lowest BCUT2D eigenvalue weighted by Crippen LogP contribution is -1.91. The van der Waals surface area contributed by atoms with Gasteiger partial charge in [-0.05, 0) is 18.1 Å². The van der Waals surface area contributed by atoms with Crippen LogP contribution < -0.4 is 0 Å². The molecule has 0 aliphatic rings. The molecule has 0 aromatic heterocycles. The summed E-state index contributed by atoms with van der Waals surface area (Å²) >= 11 is 1.78. The van der Waals surface area contributed by atoms with Gasteiger partial charge in [-0.15, -0.1) is 11.8 Å². The summed E-state index contributed by atoms with van der Waals surface area (Å²) in [5.74, 6) is 0.776. The topological polar surface area (TPSA) is 43.1 Å². The lowest BCUT2D eigenvalue weighted by molar-refractivity contribution is -0.384. The molecule has 0 saturated carbocycles. The Morgan fingerprint density at radius 3 is 2.58 bits per heavy atom. The van der Waals surface area contributed by atoms with Crippen molar-refractivity contribution < 1.29 is 4.92 Å². The van der Waals surface area contributed by atoms with Gasteiger partial charge in [-0.25, -0.2) is 0 Å². The van der Waals surface area contributed by atoms with Crippen molar-refractivity contribution in [2.75, 3.05) is 0 Å². The monoisotopic (exact) mass is 273 g/mol. The van der Waals surface area contributed by atoms with Crippen molar-refractivity contribution in [1.82, 2.24) is 0 Å². The average Bonchev–Trinajstić information content (AvgIpc) is 2.46. The summed E-state index contributed by atoms with van der Waals surface area (Å²) in [4.78, 5) is 10.4. The predicted octanol–water partition coefficient (Wildman–Crippen LogP) is 4.59. The van der Waals surface area contributed by atoms with Crippen molar-refractivity contribution in [3.05, 3.63) is 75.8 Å². The zero-order chi connectivity index (χ0) is 13.7. The second-order valence-electron chi connectivity index (χ2n) is 4.29. The van der Waals surface area contributed by atoms with Crippen molar-refractivity contribution in [1.29, 1.82) is 0 Å². The molecule has 0 saturated heterocycles. The quantitative estimate of drug-likeness (QED) is 0.591. The molecular weight excluding hydrogens is 258 g/mol. The van der Waals surface area contributed by atoms with Crippen molar-refractivity contribution in [3.63, 3.8) is 0 Å². The fourth-order valence-electron chi connectivity index (χ4n) is 1.80. The van der Waals surface area contributed by atoms with Crippen LogP contribution in [0.2, 0.25) is 0 Å². The molecule has 0 spiro atoms. The summed E-state index contributed by atoms with van der Waals surface area (Å²) < 4.78 is 0. The number of benzene rings is 2. The molecule has 0 radical (unpaired) electrons. The van der Waals surface area contributed by atoms with Crippen LogP contribution in [-0.4, -0.2) is 4.92 Å². The van der Waals surface area contributed by atoms with Crippen LogP contribution in [0.15, 0.2) is 54.6 Å². The smallest absolute Gasteiger partial charge is 0.258 e. The minimum absolute atomic E-state index is 0.158. The van der Waals surface area contributed by atoms with Crippen LogP contribution in [-0.2, 0) is 5.75 Å². The summed E-state index contributed by atoms with van der Waals surface area (Å²) in [6, 6.07) is 17.1. The first-order valence-electron chi connectivity index (χ1n) is 6.06. The standard InChI is InChI=1S/C15H15NO2S/c1-12(14-7-3-2-4-8-14)19-11-13-6-5-9-15(10-13)16(17)18/h2-10,12H,11H2,1H3. The molecule has 2 rings (SSSR count). The lowest BCUT2D eigenvalue weighted by Gasteiger charge is -2.11. The maximum atomic E-state index is 10.7. The van der Waals surface area contributed by atoms with Gasteiger partial charge in [0.1, 0.15) is 0 Å². The van der Waals surface area contributed by atoms with E-state index in [2.05, 4.69) is 19.1 Å².